The Morgan fingerprint density at radius 2 is 2.19 bits per heavy atom. The van der Waals surface area contributed by atoms with Crippen LogP contribution in [0.4, 0.5) is 0 Å². The Hall–Kier alpha value is -1.68. The summed E-state index contributed by atoms with van der Waals surface area (Å²) >= 11 is 3.48. The molecular formula is C17H17BrN2O. The number of benzene rings is 1. The van der Waals surface area contributed by atoms with Gasteiger partial charge in [0, 0.05) is 16.6 Å². The Bertz CT molecular complexity index is 644. The van der Waals surface area contributed by atoms with Crippen LogP contribution in [-0.2, 0) is 4.79 Å². The summed E-state index contributed by atoms with van der Waals surface area (Å²) in [5.74, 6) is 0.557. The molecule has 1 aliphatic carbocycles. The van der Waals surface area contributed by atoms with Crippen molar-refractivity contribution in [3.8, 4) is 0 Å². The standard InChI is InChI=1S/C17H17BrN2O/c1-11(16-7-2-3-8-19-16)20-17(21)15-10-14(15)12-5-4-6-13(18)9-12/h2-9,11,14-15H,10H2,1H3,(H,20,21)/t11-,14+,15-/m0/s1. The lowest BCUT2D eigenvalue weighted by atomic mass is 10.1. The first-order chi connectivity index (χ1) is 10.1. The van der Waals surface area contributed by atoms with Gasteiger partial charge in [0.2, 0.25) is 5.91 Å². The molecule has 0 aliphatic heterocycles. The minimum absolute atomic E-state index is 0.0533. The zero-order chi connectivity index (χ0) is 14.8. The fourth-order valence-corrected chi connectivity index (χ4v) is 3.03. The molecule has 0 radical (unpaired) electrons. The third kappa shape index (κ3) is 3.32. The van der Waals surface area contributed by atoms with Gasteiger partial charge in [0.15, 0.2) is 0 Å². The molecule has 3 atom stereocenters. The predicted octanol–water partition coefficient (Wildman–Crippen LogP) is 3.83. The van der Waals surface area contributed by atoms with Gasteiger partial charge in [0.05, 0.1) is 11.7 Å². The molecule has 108 valence electrons. The molecule has 1 aliphatic rings. The third-order valence-electron chi connectivity index (χ3n) is 3.89. The summed E-state index contributed by atoms with van der Waals surface area (Å²) < 4.78 is 1.06. The van der Waals surface area contributed by atoms with Gasteiger partial charge in [-0.25, -0.2) is 0 Å². The van der Waals surface area contributed by atoms with E-state index < -0.39 is 0 Å². The maximum Gasteiger partial charge on any atom is 0.224 e. The molecular weight excluding hydrogens is 328 g/mol. The number of amides is 1. The Kier molecular flexibility index (Phi) is 4.06. The minimum atomic E-state index is -0.0533. The Labute approximate surface area is 132 Å². The lowest BCUT2D eigenvalue weighted by Gasteiger charge is -2.13. The maximum atomic E-state index is 12.3. The van der Waals surface area contributed by atoms with Gasteiger partial charge in [-0.2, -0.15) is 0 Å². The number of hydrogen-bond acceptors (Lipinski definition) is 2. The lowest BCUT2D eigenvalue weighted by Crippen LogP contribution is -2.28. The minimum Gasteiger partial charge on any atom is -0.348 e. The Balaban J connectivity index is 1.61. The van der Waals surface area contributed by atoms with Gasteiger partial charge < -0.3 is 5.32 Å². The van der Waals surface area contributed by atoms with E-state index >= 15 is 0 Å². The van der Waals surface area contributed by atoms with E-state index in [2.05, 4.69) is 38.4 Å². The van der Waals surface area contributed by atoms with Gasteiger partial charge in [-0.3, -0.25) is 9.78 Å². The van der Waals surface area contributed by atoms with Gasteiger partial charge in [-0.05, 0) is 49.1 Å². The highest BCUT2D eigenvalue weighted by molar-refractivity contribution is 9.10. The second-order valence-electron chi connectivity index (χ2n) is 5.49. The topological polar surface area (TPSA) is 42.0 Å². The second kappa shape index (κ2) is 5.98. The van der Waals surface area contributed by atoms with E-state index in [1.54, 1.807) is 6.20 Å². The van der Waals surface area contributed by atoms with Gasteiger partial charge in [0.25, 0.3) is 0 Å². The molecule has 0 spiro atoms. The number of hydrogen-bond donors (Lipinski definition) is 1. The number of nitrogens with zero attached hydrogens (tertiary/aromatic N) is 1. The van der Waals surface area contributed by atoms with Crippen LogP contribution in [-0.4, -0.2) is 10.9 Å². The molecule has 0 bridgehead atoms. The molecule has 1 saturated carbocycles. The van der Waals surface area contributed by atoms with Gasteiger partial charge >= 0.3 is 0 Å². The zero-order valence-electron chi connectivity index (χ0n) is 11.8. The summed E-state index contributed by atoms with van der Waals surface area (Å²) in [5.41, 5.74) is 2.13. The van der Waals surface area contributed by atoms with E-state index in [4.69, 9.17) is 0 Å². The zero-order valence-corrected chi connectivity index (χ0v) is 13.4. The molecule has 21 heavy (non-hydrogen) atoms. The second-order valence-corrected chi connectivity index (χ2v) is 6.40. The smallest absolute Gasteiger partial charge is 0.224 e. The Morgan fingerprint density at radius 1 is 1.33 bits per heavy atom. The molecule has 3 nitrogen and oxygen atoms in total. The summed E-state index contributed by atoms with van der Waals surface area (Å²) in [5, 5.41) is 3.06. The molecule has 1 fully saturated rings. The van der Waals surface area contributed by atoms with Crippen LogP contribution >= 0.6 is 15.9 Å². The molecule has 4 heteroatoms. The van der Waals surface area contributed by atoms with Crippen LogP contribution in [0.1, 0.15) is 36.6 Å². The van der Waals surface area contributed by atoms with Crippen LogP contribution in [0.15, 0.2) is 53.1 Å². The number of carbonyl (C=O) groups is 1. The van der Waals surface area contributed by atoms with Crippen molar-refractivity contribution in [2.24, 2.45) is 5.92 Å². The average Bonchev–Trinajstić information content (AvgIpc) is 3.29. The van der Waals surface area contributed by atoms with Crippen molar-refractivity contribution in [3.05, 3.63) is 64.4 Å². The highest BCUT2D eigenvalue weighted by Crippen LogP contribution is 2.48. The van der Waals surface area contributed by atoms with Crippen molar-refractivity contribution in [1.82, 2.24) is 10.3 Å². The first-order valence-electron chi connectivity index (χ1n) is 7.12. The van der Waals surface area contributed by atoms with Crippen LogP contribution in [0.5, 0.6) is 0 Å². The van der Waals surface area contributed by atoms with E-state index in [9.17, 15) is 4.79 Å². The van der Waals surface area contributed by atoms with Crippen molar-refractivity contribution >= 4 is 21.8 Å². The molecule has 0 saturated heterocycles. The van der Waals surface area contributed by atoms with Gasteiger partial charge in [-0.1, -0.05) is 34.1 Å². The van der Waals surface area contributed by atoms with Crippen LogP contribution in [0.25, 0.3) is 0 Å². The highest BCUT2D eigenvalue weighted by atomic mass is 79.9. The molecule has 1 heterocycles. The number of carbonyl (C=O) groups excluding carboxylic acids is 1. The number of halogens is 1. The van der Waals surface area contributed by atoms with Crippen molar-refractivity contribution in [1.29, 1.82) is 0 Å². The molecule has 1 amide bonds. The molecule has 1 aromatic heterocycles. The van der Waals surface area contributed by atoms with Crippen LogP contribution in [0.2, 0.25) is 0 Å². The fraction of sp³-hybridized carbons (Fsp3) is 0.294. The monoisotopic (exact) mass is 344 g/mol. The number of aromatic nitrogens is 1. The highest BCUT2D eigenvalue weighted by Gasteiger charge is 2.44. The lowest BCUT2D eigenvalue weighted by molar-refractivity contribution is -0.123. The molecule has 2 aromatic rings. The van der Waals surface area contributed by atoms with Crippen LogP contribution < -0.4 is 5.32 Å². The first kappa shape index (κ1) is 14.3. The van der Waals surface area contributed by atoms with Gasteiger partial charge in [-0.15, -0.1) is 0 Å². The van der Waals surface area contributed by atoms with E-state index in [1.165, 1.54) is 5.56 Å². The predicted molar refractivity (Wildman–Crippen MR) is 85.8 cm³/mol. The van der Waals surface area contributed by atoms with E-state index in [1.807, 2.05) is 37.3 Å². The molecule has 1 aromatic carbocycles. The summed E-state index contributed by atoms with van der Waals surface area (Å²) in [7, 11) is 0. The molecule has 3 rings (SSSR count). The summed E-state index contributed by atoms with van der Waals surface area (Å²) in [6, 6.07) is 13.9. The maximum absolute atomic E-state index is 12.3. The Morgan fingerprint density at radius 3 is 2.90 bits per heavy atom. The van der Waals surface area contributed by atoms with Crippen LogP contribution in [0.3, 0.4) is 0 Å². The van der Waals surface area contributed by atoms with E-state index in [0.717, 1.165) is 16.6 Å². The number of nitrogens with one attached hydrogen (secondary N) is 1. The largest absolute Gasteiger partial charge is 0.348 e. The van der Waals surface area contributed by atoms with Crippen molar-refractivity contribution in [3.63, 3.8) is 0 Å². The summed E-state index contributed by atoms with van der Waals surface area (Å²) in [6.07, 6.45) is 2.68. The van der Waals surface area contributed by atoms with Crippen molar-refractivity contribution < 1.29 is 4.79 Å². The van der Waals surface area contributed by atoms with E-state index in [-0.39, 0.29) is 17.9 Å². The number of rotatable bonds is 4. The van der Waals surface area contributed by atoms with Gasteiger partial charge in [0.1, 0.15) is 0 Å². The summed E-state index contributed by atoms with van der Waals surface area (Å²) in [4.78, 5) is 16.6. The quantitative estimate of drug-likeness (QED) is 0.915. The molecule has 1 N–H and O–H groups in total. The van der Waals surface area contributed by atoms with E-state index in [0.29, 0.717) is 5.92 Å². The SMILES string of the molecule is C[C@H](NC(=O)[C@H]1C[C@@H]1c1cccc(Br)c1)c1ccccn1. The molecule has 0 unspecified atom stereocenters. The first-order valence-corrected chi connectivity index (χ1v) is 7.91. The third-order valence-corrected chi connectivity index (χ3v) is 4.39. The van der Waals surface area contributed by atoms with Crippen molar-refractivity contribution in [2.75, 3.05) is 0 Å². The number of pyridine rings is 1. The fourth-order valence-electron chi connectivity index (χ4n) is 2.62. The van der Waals surface area contributed by atoms with Crippen molar-refractivity contribution in [2.45, 2.75) is 25.3 Å². The normalized spacial score (nSPS) is 21.6. The average molecular weight is 345 g/mol. The summed E-state index contributed by atoms with van der Waals surface area (Å²) in [6.45, 7) is 1.97. The van der Waals surface area contributed by atoms with Crippen LogP contribution in [0, 0.1) is 5.92 Å².